The zero-order valence-electron chi connectivity index (χ0n) is 15.1. The van der Waals surface area contributed by atoms with Gasteiger partial charge < -0.3 is 10.6 Å². The van der Waals surface area contributed by atoms with Crippen LogP contribution in [-0.4, -0.2) is 18.4 Å². The summed E-state index contributed by atoms with van der Waals surface area (Å²) in [7, 11) is 0. The number of carbonyl (C=O) groups is 2. The van der Waals surface area contributed by atoms with Crippen molar-refractivity contribution in [2.24, 2.45) is 0 Å². The van der Waals surface area contributed by atoms with Gasteiger partial charge in [-0.15, -0.1) is 0 Å². The van der Waals surface area contributed by atoms with Crippen molar-refractivity contribution in [3.8, 4) is 0 Å². The molecule has 2 amide bonds. The number of hydrogen-bond acceptors (Lipinski definition) is 2. The van der Waals surface area contributed by atoms with E-state index in [2.05, 4.69) is 31.4 Å². The fourth-order valence-corrected chi connectivity index (χ4v) is 2.46. The highest BCUT2D eigenvalue weighted by Gasteiger charge is 2.14. The molecule has 0 spiro atoms. The van der Waals surface area contributed by atoms with Crippen LogP contribution in [0.2, 0.25) is 0 Å². The summed E-state index contributed by atoms with van der Waals surface area (Å²) in [6.45, 7) is 6.94. The van der Waals surface area contributed by atoms with Gasteiger partial charge in [0, 0.05) is 12.2 Å². The molecule has 0 aliphatic carbocycles. The van der Waals surface area contributed by atoms with Crippen molar-refractivity contribution in [3.05, 3.63) is 65.7 Å². The molecule has 25 heavy (non-hydrogen) atoms. The molecule has 132 valence electrons. The van der Waals surface area contributed by atoms with E-state index in [9.17, 15) is 9.59 Å². The zero-order chi connectivity index (χ0) is 18.3. The molecule has 2 N–H and O–H groups in total. The number of carbonyl (C=O) groups excluding carboxylic acids is 2. The van der Waals surface area contributed by atoms with E-state index in [0.29, 0.717) is 12.2 Å². The molecule has 0 aliphatic rings. The second kappa shape index (κ2) is 8.47. The maximum absolute atomic E-state index is 12.0. The van der Waals surface area contributed by atoms with Gasteiger partial charge in [-0.25, -0.2) is 0 Å². The second-order valence-electron chi connectivity index (χ2n) is 7.14. The molecule has 0 aromatic heterocycles. The Morgan fingerprint density at radius 2 is 1.52 bits per heavy atom. The van der Waals surface area contributed by atoms with Crippen molar-refractivity contribution < 1.29 is 9.59 Å². The molecule has 2 aromatic rings. The molecule has 0 unspecified atom stereocenters. The Labute approximate surface area is 149 Å². The van der Waals surface area contributed by atoms with Crippen LogP contribution in [0.25, 0.3) is 0 Å². The van der Waals surface area contributed by atoms with Gasteiger partial charge in [0.25, 0.3) is 0 Å². The Balaban J connectivity index is 1.75. The summed E-state index contributed by atoms with van der Waals surface area (Å²) in [5.74, 6) is -0.569. The van der Waals surface area contributed by atoms with Gasteiger partial charge in [-0.1, -0.05) is 63.2 Å². The Bertz CT molecular complexity index is 701. The highest BCUT2D eigenvalue weighted by atomic mass is 16.2. The molecule has 0 fully saturated rings. The van der Waals surface area contributed by atoms with E-state index >= 15 is 0 Å². The number of amides is 2. The molecule has 0 aliphatic heterocycles. The maximum atomic E-state index is 12.0. The van der Waals surface area contributed by atoms with E-state index in [0.717, 1.165) is 12.0 Å². The number of nitrogens with one attached hydrogen (secondary N) is 2. The van der Waals surface area contributed by atoms with Gasteiger partial charge in [0.05, 0.1) is 0 Å². The summed E-state index contributed by atoms with van der Waals surface area (Å²) in [6.07, 6.45) is 0.582. The van der Waals surface area contributed by atoms with Crippen LogP contribution in [0.15, 0.2) is 54.6 Å². The van der Waals surface area contributed by atoms with Crippen molar-refractivity contribution in [1.82, 2.24) is 5.32 Å². The first-order valence-electron chi connectivity index (χ1n) is 8.55. The largest absolute Gasteiger partial charge is 0.355 e. The molecule has 0 radical (unpaired) electrons. The molecular weight excluding hydrogens is 312 g/mol. The Kier molecular flexibility index (Phi) is 6.34. The molecule has 2 rings (SSSR count). The topological polar surface area (TPSA) is 58.2 Å². The average molecular weight is 338 g/mol. The molecule has 0 atom stereocenters. The number of rotatable bonds is 6. The minimum absolute atomic E-state index is 0.0706. The molecule has 4 nitrogen and oxygen atoms in total. The minimum atomic E-state index is -0.305. The van der Waals surface area contributed by atoms with E-state index < -0.39 is 0 Å². The summed E-state index contributed by atoms with van der Waals surface area (Å²) in [5.41, 5.74) is 3.13. The summed E-state index contributed by atoms with van der Waals surface area (Å²) in [5, 5.41) is 5.54. The normalized spacial score (nSPS) is 11.0. The van der Waals surface area contributed by atoms with Gasteiger partial charge in [0.2, 0.25) is 11.8 Å². The predicted molar refractivity (Wildman–Crippen MR) is 102 cm³/mol. The fourth-order valence-electron chi connectivity index (χ4n) is 2.46. The van der Waals surface area contributed by atoms with E-state index in [1.54, 1.807) is 0 Å². The zero-order valence-corrected chi connectivity index (χ0v) is 15.1. The average Bonchev–Trinajstić information content (AvgIpc) is 2.55. The van der Waals surface area contributed by atoms with Crippen molar-refractivity contribution in [2.75, 3.05) is 11.9 Å². The van der Waals surface area contributed by atoms with Crippen LogP contribution >= 0.6 is 0 Å². The van der Waals surface area contributed by atoms with Crippen molar-refractivity contribution in [3.63, 3.8) is 0 Å². The van der Waals surface area contributed by atoms with Crippen LogP contribution in [0.5, 0.6) is 0 Å². The molecular formula is C21H26N2O2. The lowest BCUT2D eigenvalue weighted by molar-refractivity contribution is -0.126. The third-order valence-corrected chi connectivity index (χ3v) is 3.93. The van der Waals surface area contributed by atoms with Gasteiger partial charge in [0.15, 0.2) is 0 Å². The minimum Gasteiger partial charge on any atom is -0.355 e. The number of hydrogen-bond donors (Lipinski definition) is 2. The SMILES string of the molecule is CC(C)(C)c1ccc(NC(=O)CC(=O)NCCc2ccccc2)cc1. The smallest absolute Gasteiger partial charge is 0.233 e. The standard InChI is InChI=1S/C21H26N2O2/c1-21(2,3)17-9-11-18(12-10-17)23-20(25)15-19(24)22-14-13-16-7-5-4-6-8-16/h4-12H,13-15H2,1-3H3,(H,22,24)(H,23,25). The predicted octanol–water partition coefficient (Wildman–Crippen LogP) is 3.67. The quantitative estimate of drug-likeness (QED) is 0.790. The first-order chi connectivity index (χ1) is 11.8. The van der Waals surface area contributed by atoms with Crippen LogP contribution in [0, 0.1) is 0 Å². The fraction of sp³-hybridized carbons (Fsp3) is 0.333. The lowest BCUT2D eigenvalue weighted by Crippen LogP contribution is -2.29. The maximum Gasteiger partial charge on any atom is 0.233 e. The van der Waals surface area contributed by atoms with E-state index in [-0.39, 0.29) is 23.7 Å². The molecule has 4 heteroatoms. The third kappa shape index (κ3) is 6.42. The van der Waals surface area contributed by atoms with Crippen LogP contribution in [0.3, 0.4) is 0 Å². The van der Waals surface area contributed by atoms with E-state index in [4.69, 9.17) is 0 Å². The van der Waals surface area contributed by atoms with E-state index in [1.807, 2.05) is 54.6 Å². The van der Waals surface area contributed by atoms with Gasteiger partial charge in [-0.3, -0.25) is 9.59 Å². The summed E-state index contributed by atoms with van der Waals surface area (Å²) in [4.78, 5) is 23.8. The number of benzene rings is 2. The molecule has 0 bridgehead atoms. The van der Waals surface area contributed by atoms with Gasteiger partial charge in [0.1, 0.15) is 6.42 Å². The highest BCUT2D eigenvalue weighted by Crippen LogP contribution is 2.23. The van der Waals surface area contributed by atoms with Crippen LogP contribution in [-0.2, 0) is 21.4 Å². The lowest BCUT2D eigenvalue weighted by atomic mass is 9.87. The van der Waals surface area contributed by atoms with Crippen molar-refractivity contribution in [2.45, 2.75) is 39.0 Å². The molecule has 2 aromatic carbocycles. The Morgan fingerprint density at radius 3 is 2.12 bits per heavy atom. The van der Waals surface area contributed by atoms with Crippen LogP contribution in [0.1, 0.15) is 38.3 Å². The summed E-state index contributed by atoms with van der Waals surface area (Å²) < 4.78 is 0. The third-order valence-electron chi connectivity index (χ3n) is 3.93. The van der Waals surface area contributed by atoms with Gasteiger partial charge >= 0.3 is 0 Å². The molecule has 0 saturated heterocycles. The lowest BCUT2D eigenvalue weighted by Gasteiger charge is -2.19. The van der Waals surface area contributed by atoms with Crippen LogP contribution in [0.4, 0.5) is 5.69 Å². The summed E-state index contributed by atoms with van der Waals surface area (Å²) in [6, 6.07) is 17.6. The number of anilines is 1. The Hall–Kier alpha value is -2.62. The first-order valence-corrected chi connectivity index (χ1v) is 8.55. The molecule has 0 heterocycles. The Morgan fingerprint density at radius 1 is 0.880 bits per heavy atom. The highest BCUT2D eigenvalue weighted by molar-refractivity contribution is 6.03. The van der Waals surface area contributed by atoms with Gasteiger partial charge in [-0.05, 0) is 35.1 Å². The van der Waals surface area contributed by atoms with Crippen molar-refractivity contribution in [1.29, 1.82) is 0 Å². The monoisotopic (exact) mass is 338 g/mol. The van der Waals surface area contributed by atoms with Gasteiger partial charge in [-0.2, -0.15) is 0 Å². The second-order valence-corrected chi connectivity index (χ2v) is 7.14. The van der Waals surface area contributed by atoms with E-state index in [1.165, 1.54) is 5.56 Å². The first kappa shape index (κ1) is 18.7. The summed E-state index contributed by atoms with van der Waals surface area (Å²) >= 11 is 0. The van der Waals surface area contributed by atoms with Crippen molar-refractivity contribution >= 4 is 17.5 Å². The molecule has 0 saturated carbocycles. The van der Waals surface area contributed by atoms with Crippen LogP contribution < -0.4 is 10.6 Å².